The number of ether oxygens (including phenoxy) is 1. The molecular weight excluding hydrogens is 271 g/mol. The van der Waals surface area contributed by atoms with Crippen LogP contribution in [0.25, 0.3) is 0 Å². The van der Waals surface area contributed by atoms with Crippen molar-refractivity contribution >= 4 is 0 Å². The molecule has 0 fully saturated rings. The van der Waals surface area contributed by atoms with E-state index >= 15 is 0 Å². The van der Waals surface area contributed by atoms with Crippen molar-refractivity contribution in [2.24, 2.45) is 0 Å². The zero-order valence-electron chi connectivity index (χ0n) is 10.6. The summed E-state index contributed by atoms with van der Waals surface area (Å²) in [6, 6.07) is 8.45. The zero-order chi connectivity index (χ0) is 14.8. The first-order chi connectivity index (χ1) is 9.29. The van der Waals surface area contributed by atoms with Crippen LogP contribution >= 0.6 is 0 Å². The van der Waals surface area contributed by atoms with Gasteiger partial charge in [-0.15, -0.1) is 13.2 Å². The maximum absolute atomic E-state index is 12.1. The Bertz CT molecular complexity index is 565. The summed E-state index contributed by atoms with van der Waals surface area (Å²) in [5, 5.41) is 10.5. The van der Waals surface area contributed by atoms with Crippen molar-refractivity contribution in [3.05, 3.63) is 59.9 Å². The van der Waals surface area contributed by atoms with Crippen molar-refractivity contribution in [1.82, 2.24) is 4.98 Å². The van der Waals surface area contributed by atoms with Gasteiger partial charge in [-0.05, 0) is 30.7 Å². The molecular formula is C14H12F3NO2. The third-order valence-electron chi connectivity index (χ3n) is 2.87. The zero-order valence-corrected chi connectivity index (χ0v) is 10.6. The largest absolute Gasteiger partial charge is 0.573 e. The molecule has 2 aromatic rings. The maximum atomic E-state index is 12.1. The average molecular weight is 283 g/mol. The van der Waals surface area contributed by atoms with Crippen LogP contribution in [-0.2, 0) is 5.60 Å². The fourth-order valence-corrected chi connectivity index (χ4v) is 1.80. The van der Waals surface area contributed by atoms with Crippen LogP contribution in [0.1, 0.15) is 18.1 Å². The van der Waals surface area contributed by atoms with Gasteiger partial charge in [0.25, 0.3) is 0 Å². The van der Waals surface area contributed by atoms with Gasteiger partial charge in [-0.3, -0.25) is 4.98 Å². The molecule has 1 atom stereocenters. The molecule has 0 saturated carbocycles. The third kappa shape index (κ3) is 3.27. The summed E-state index contributed by atoms with van der Waals surface area (Å²) in [4.78, 5) is 3.91. The van der Waals surface area contributed by atoms with E-state index in [0.29, 0.717) is 11.1 Å². The van der Waals surface area contributed by atoms with Crippen LogP contribution in [0.4, 0.5) is 13.2 Å². The minimum atomic E-state index is -4.73. The van der Waals surface area contributed by atoms with Crippen molar-refractivity contribution in [1.29, 1.82) is 0 Å². The Balaban J connectivity index is 2.26. The molecule has 3 nitrogen and oxygen atoms in total. The lowest BCUT2D eigenvalue weighted by atomic mass is 9.89. The number of aliphatic hydroxyl groups is 1. The molecule has 0 aliphatic carbocycles. The summed E-state index contributed by atoms with van der Waals surface area (Å²) in [5.41, 5.74) is -0.352. The van der Waals surface area contributed by atoms with Gasteiger partial charge in [0.05, 0.1) is 0 Å². The molecule has 0 bridgehead atoms. The molecule has 20 heavy (non-hydrogen) atoms. The normalized spacial score (nSPS) is 14.7. The quantitative estimate of drug-likeness (QED) is 0.940. The fourth-order valence-electron chi connectivity index (χ4n) is 1.80. The van der Waals surface area contributed by atoms with Crippen LogP contribution in [0.15, 0.2) is 48.8 Å². The van der Waals surface area contributed by atoms with Gasteiger partial charge in [0, 0.05) is 18.0 Å². The highest BCUT2D eigenvalue weighted by atomic mass is 19.4. The predicted molar refractivity (Wildman–Crippen MR) is 66.0 cm³/mol. The van der Waals surface area contributed by atoms with E-state index in [0.717, 1.165) is 12.1 Å². The summed E-state index contributed by atoms with van der Waals surface area (Å²) >= 11 is 0. The number of nitrogens with zero attached hydrogens (tertiary/aromatic N) is 1. The second-order valence-corrected chi connectivity index (χ2v) is 4.39. The van der Waals surface area contributed by atoms with Crippen LogP contribution in [-0.4, -0.2) is 16.5 Å². The lowest BCUT2D eigenvalue weighted by Crippen LogP contribution is -2.23. The molecule has 2 rings (SSSR count). The SMILES string of the molecule is CC(O)(c1ccc(OC(F)(F)F)cc1)c1cccnc1. The second-order valence-electron chi connectivity index (χ2n) is 4.39. The van der Waals surface area contributed by atoms with E-state index in [1.807, 2.05) is 0 Å². The van der Waals surface area contributed by atoms with Crippen LogP contribution in [0, 0.1) is 0 Å². The van der Waals surface area contributed by atoms with Gasteiger partial charge < -0.3 is 9.84 Å². The van der Waals surface area contributed by atoms with Gasteiger partial charge >= 0.3 is 6.36 Å². The molecule has 106 valence electrons. The van der Waals surface area contributed by atoms with Gasteiger partial charge in [0.2, 0.25) is 0 Å². The van der Waals surface area contributed by atoms with E-state index in [1.54, 1.807) is 25.3 Å². The van der Waals surface area contributed by atoms with E-state index in [4.69, 9.17) is 0 Å². The summed E-state index contributed by atoms with van der Waals surface area (Å²) in [7, 11) is 0. The molecule has 0 saturated heterocycles. The van der Waals surface area contributed by atoms with E-state index in [-0.39, 0.29) is 5.75 Å². The van der Waals surface area contributed by atoms with Crippen LogP contribution in [0.5, 0.6) is 5.75 Å². The molecule has 1 aromatic carbocycles. The molecule has 1 N–H and O–H groups in total. The number of rotatable bonds is 3. The number of halogens is 3. The topological polar surface area (TPSA) is 42.4 Å². The summed E-state index contributed by atoms with van der Waals surface area (Å²) in [6.07, 6.45) is -1.66. The molecule has 0 radical (unpaired) electrons. The van der Waals surface area contributed by atoms with Crippen molar-refractivity contribution in [3.8, 4) is 5.75 Å². The standard InChI is InChI=1S/C14H12F3NO2/c1-13(19,11-3-2-8-18-9-11)10-4-6-12(7-5-10)20-14(15,16)17/h2-9,19H,1H3. The molecule has 0 amide bonds. The van der Waals surface area contributed by atoms with E-state index < -0.39 is 12.0 Å². The first-order valence-electron chi connectivity index (χ1n) is 5.78. The number of benzene rings is 1. The molecule has 1 unspecified atom stereocenters. The lowest BCUT2D eigenvalue weighted by molar-refractivity contribution is -0.274. The van der Waals surface area contributed by atoms with Gasteiger partial charge in [-0.2, -0.15) is 0 Å². The van der Waals surface area contributed by atoms with Gasteiger partial charge in [-0.1, -0.05) is 18.2 Å². The Kier molecular flexibility index (Phi) is 3.67. The molecule has 0 aliphatic rings. The van der Waals surface area contributed by atoms with Gasteiger partial charge in [-0.25, -0.2) is 0 Å². The van der Waals surface area contributed by atoms with Crippen molar-refractivity contribution in [2.75, 3.05) is 0 Å². The highest BCUT2D eigenvalue weighted by molar-refractivity contribution is 5.37. The summed E-state index contributed by atoms with van der Waals surface area (Å²) in [5.74, 6) is -0.330. The van der Waals surface area contributed by atoms with Crippen molar-refractivity contribution < 1.29 is 23.0 Å². The van der Waals surface area contributed by atoms with Crippen molar-refractivity contribution in [3.63, 3.8) is 0 Å². The minimum Gasteiger partial charge on any atom is -0.406 e. The molecule has 1 aromatic heterocycles. The van der Waals surface area contributed by atoms with Gasteiger partial charge in [0.1, 0.15) is 11.4 Å². The van der Waals surface area contributed by atoms with Crippen LogP contribution in [0.3, 0.4) is 0 Å². The number of alkyl halides is 3. The molecule has 1 heterocycles. The summed E-state index contributed by atoms with van der Waals surface area (Å²) < 4.78 is 40.0. The number of hydrogen-bond acceptors (Lipinski definition) is 3. The third-order valence-corrected chi connectivity index (χ3v) is 2.87. The Morgan fingerprint density at radius 1 is 1.05 bits per heavy atom. The lowest BCUT2D eigenvalue weighted by Gasteiger charge is -2.24. The Morgan fingerprint density at radius 2 is 1.70 bits per heavy atom. The Morgan fingerprint density at radius 3 is 2.20 bits per heavy atom. The molecule has 0 aliphatic heterocycles. The Hall–Kier alpha value is -2.08. The number of hydrogen-bond donors (Lipinski definition) is 1. The van der Waals surface area contributed by atoms with Gasteiger partial charge in [0.15, 0.2) is 0 Å². The first kappa shape index (κ1) is 14.3. The Labute approximate surface area is 113 Å². The minimum absolute atomic E-state index is 0.330. The number of aromatic nitrogens is 1. The van der Waals surface area contributed by atoms with Crippen LogP contribution < -0.4 is 4.74 Å². The van der Waals surface area contributed by atoms with E-state index in [9.17, 15) is 18.3 Å². The smallest absolute Gasteiger partial charge is 0.406 e. The maximum Gasteiger partial charge on any atom is 0.573 e. The average Bonchev–Trinajstić information content (AvgIpc) is 2.38. The summed E-state index contributed by atoms with van der Waals surface area (Å²) in [6.45, 7) is 1.55. The first-order valence-corrected chi connectivity index (χ1v) is 5.78. The fraction of sp³-hybridized carbons (Fsp3) is 0.214. The second kappa shape index (κ2) is 5.13. The highest BCUT2D eigenvalue weighted by Gasteiger charge is 2.31. The molecule has 0 spiro atoms. The van der Waals surface area contributed by atoms with E-state index in [1.165, 1.54) is 18.3 Å². The van der Waals surface area contributed by atoms with Crippen LogP contribution in [0.2, 0.25) is 0 Å². The van der Waals surface area contributed by atoms with E-state index in [2.05, 4.69) is 9.72 Å². The number of pyridine rings is 1. The monoisotopic (exact) mass is 283 g/mol. The molecule has 6 heteroatoms. The highest BCUT2D eigenvalue weighted by Crippen LogP contribution is 2.30. The van der Waals surface area contributed by atoms with Crippen molar-refractivity contribution in [2.45, 2.75) is 18.9 Å². The predicted octanol–water partition coefficient (Wildman–Crippen LogP) is 3.24.